The van der Waals surface area contributed by atoms with Crippen molar-refractivity contribution in [3.05, 3.63) is 22.5 Å². The summed E-state index contributed by atoms with van der Waals surface area (Å²) in [7, 11) is 1.29. The quantitative estimate of drug-likeness (QED) is 0.664. The van der Waals surface area contributed by atoms with Crippen molar-refractivity contribution in [3.63, 3.8) is 0 Å². The molecule has 116 valence electrons. The monoisotopic (exact) mass is 294 g/mol. The molecule has 0 unspecified atom stereocenters. The number of rotatable bonds is 5. The lowest BCUT2D eigenvalue weighted by Crippen LogP contribution is -2.42. The van der Waals surface area contributed by atoms with E-state index in [4.69, 9.17) is 0 Å². The average molecular weight is 294 g/mol. The molecule has 1 aromatic rings. The number of hydrogen-bond acceptors (Lipinski definition) is 4. The van der Waals surface area contributed by atoms with Crippen LogP contribution in [0.3, 0.4) is 0 Å². The minimum Gasteiger partial charge on any atom is -0.464 e. The summed E-state index contributed by atoms with van der Waals surface area (Å²) in [5, 5.41) is 0. The van der Waals surface area contributed by atoms with E-state index >= 15 is 0 Å². The van der Waals surface area contributed by atoms with E-state index in [1.807, 2.05) is 6.92 Å². The minimum atomic E-state index is -0.578. The van der Waals surface area contributed by atoms with Gasteiger partial charge in [0, 0.05) is 24.7 Å². The lowest BCUT2D eigenvalue weighted by molar-refractivity contribution is -0.129. The second-order valence-electron chi connectivity index (χ2n) is 4.96. The molecule has 1 atom stereocenters. The molecule has 6 nitrogen and oxygen atoms in total. The molecule has 0 aromatic carbocycles. The maximum Gasteiger partial charge on any atom is 0.354 e. The third-order valence-corrected chi connectivity index (χ3v) is 3.67. The number of methoxy groups -OCH3 is 1. The summed E-state index contributed by atoms with van der Waals surface area (Å²) >= 11 is 0. The van der Waals surface area contributed by atoms with E-state index in [-0.39, 0.29) is 17.4 Å². The smallest absolute Gasteiger partial charge is 0.354 e. The first-order valence-electron chi connectivity index (χ1n) is 6.85. The molecule has 0 fully saturated rings. The van der Waals surface area contributed by atoms with Crippen LogP contribution in [0, 0.1) is 13.8 Å². The van der Waals surface area contributed by atoms with Crippen molar-refractivity contribution in [1.29, 1.82) is 0 Å². The molecule has 0 saturated heterocycles. The van der Waals surface area contributed by atoms with Gasteiger partial charge < -0.3 is 14.6 Å². The molecular weight excluding hydrogens is 272 g/mol. The maximum absolute atomic E-state index is 12.6. The molecule has 0 aliphatic carbocycles. The lowest BCUT2D eigenvalue weighted by Gasteiger charge is -2.25. The van der Waals surface area contributed by atoms with Gasteiger partial charge in [0.2, 0.25) is 5.91 Å². The van der Waals surface area contributed by atoms with E-state index in [0.29, 0.717) is 23.4 Å². The Hall–Kier alpha value is -2.11. The predicted molar refractivity (Wildman–Crippen MR) is 78.5 cm³/mol. The number of carbonyl (C=O) groups is 3. The Morgan fingerprint density at radius 3 is 2.29 bits per heavy atom. The molecule has 1 N–H and O–H groups in total. The SMILES string of the molecule is CCN(C(C)=O)[C@H](C)C(=O)c1c(C)[nH]c(C(=O)OC)c1C. The minimum absolute atomic E-state index is 0.155. The van der Waals surface area contributed by atoms with Crippen molar-refractivity contribution < 1.29 is 19.1 Å². The number of aromatic amines is 1. The first kappa shape index (κ1) is 16.9. The van der Waals surface area contributed by atoms with Gasteiger partial charge in [-0.05, 0) is 33.3 Å². The van der Waals surface area contributed by atoms with Gasteiger partial charge in [0.15, 0.2) is 5.78 Å². The van der Waals surface area contributed by atoms with Crippen LogP contribution >= 0.6 is 0 Å². The van der Waals surface area contributed by atoms with E-state index in [9.17, 15) is 14.4 Å². The number of ether oxygens (including phenoxy) is 1. The Kier molecular flexibility index (Phi) is 5.29. The summed E-state index contributed by atoms with van der Waals surface area (Å²) in [6.45, 7) is 8.82. The summed E-state index contributed by atoms with van der Waals surface area (Å²) < 4.78 is 4.69. The van der Waals surface area contributed by atoms with Gasteiger partial charge in [0.25, 0.3) is 0 Å². The van der Waals surface area contributed by atoms with E-state index in [1.54, 1.807) is 20.8 Å². The fraction of sp³-hybridized carbons (Fsp3) is 0.533. The van der Waals surface area contributed by atoms with Gasteiger partial charge in [-0.1, -0.05) is 0 Å². The summed E-state index contributed by atoms with van der Waals surface area (Å²) in [5.74, 6) is -0.855. The number of aryl methyl sites for hydroxylation is 1. The summed E-state index contributed by atoms with van der Waals surface area (Å²) in [5.41, 5.74) is 1.87. The highest BCUT2D eigenvalue weighted by Gasteiger charge is 2.29. The number of esters is 1. The van der Waals surface area contributed by atoms with Crippen LogP contribution in [0.4, 0.5) is 0 Å². The standard InChI is InChI=1S/C15H22N2O4/c1-7-17(11(5)18)10(4)14(19)12-8(2)13(15(20)21-6)16-9(12)3/h10,16H,7H2,1-6H3/t10-/m1/s1. The Labute approximate surface area is 124 Å². The van der Waals surface area contributed by atoms with Crippen molar-refractivity contribution in [1.82, 2.24) is 9.88 Å². The van der Waals surface area contributed by atoms with Crippen LogP contribution in [0.2, 0.25) is 0 Å². The fourth-order valence-electron chi connectivity index (χ4n) is 2.55. The van der Waals surface area contributed by atoms with Crippen molar-refractivity contribution in [2.45, 2.75) is 40.7 Å². The van der Waals surface area contributed by atoms with Gasteiger partial charge in [0.1, 0.15) is 5.69 Å². The highest BCUT2D eigenvalue weighted by Crippen LogP contribution is 2.21. The number of carbonyl (C=O) groups excluding carboxylic acids is 3. The zero-order valence-electron chi connectivity index (χ0n) is 13.4. The molecule has 0 radical (unpaired) electrons. The lowest BCUT2D eigenvalue weighted by atomic mass is 10.00. The van der Waals surface area contributed by atoms with E-state index in [2.05, 4.69) is 9.72 Å². The number of H-pyrrole nitrogens is 1. The van der Waals surface area contributed by atoms with Gasteiger partial charge in [-0.15, -0.1) is 0 Å². The highest BCUT2D eigenvalue weighted by molar-refractivity contribution is 6.06. The largest absolute Gasteiger partial charge is 0.464 e. The Morgan fingerprint density at radius 1 is 1.29 bits per heavy atom. The van der Waals surface area contributed by atoms with Gasteiger partial charge in [-0.3, -0.25) is 9.59 Å². The third-order valence-electron chi connectivity index (χ3n) is 3.67. The van der Waals surface area contributed by atoms with Crippen LogP contribution in [0.15, 0.2) is 0 Å². The molecule has 1 amide bonds. The first-order valence-corrected chi connectivity index (χ1v) is 6.85. The van der Waals surface area contributed by atoms with Crippen LogP contribution in [0.1, 0.15) is 52.9 Å². The van der Waals surface area contributed by atoms with Gasteiger partial charge in [-0.25, -0.2) is 4.79 Å². The second kappa shape index (κ2) is 6.56. The number of nitrogens with zero attached hydrogens (tertiary/aromatic N) is 1. The van der Waals surface area contributed by atoms with Crippen LogP contribution in [0.5, 0.6) is 0 Å². The molecule has 1 aromatic heterocycles. The zero-order chi connectivity index (χ0) is 16.3. The number of likely N-dealkylation sites (N-methyl/N-ethyl adjacent to an activating group) is 1. The molecule has 0 aliphatic rings. The van der Waals surface area contributed by atoms with Crippen molar-refractivity contribution in [2.24, 2.45) is 0 Å². The van der Waals surface area contributed by atoms with Crippen LogP contribution in [-0.2, 0) is 9.53 Å². The van der Waals surface area contributed by atoms with E-state index < -0.39 is 12.0 Å². The molecule has 0 saturated carbocycles. The fourth-order valence-corrected chi connectivity index (χ4v) is 2.55. The van der Waals surface area contributed by atoms with E-state index in [0.717, 1.165) is 0 Å². The molecule has 1 rings (SSSR count). The number of hydrogen-bond donors (Lipinski definition) is 1. The Balaban J connectivity index is 3.22. The van der Waals surface area contributed by atoms with Crippen molar-refractivity contribution in [3.8, 4) is 0 Å². The topological polar surface area (TPSA) is 79.5 Å². The number of ketones is 1. The predicted octanol–water partition coefficient (Wildman–Crippen LogP) is 1.86. The molecular formula is C15H22N2O4. The summed E-state index contributed by atoms with van der Waals surface area (Å²) in [6.07, 6.45) is 0. The molecule has 0 bridgehead atoms. The van der Waals surface area contributed by atoms with Crippen LogP contribution in [-0.4, -0.2) is 47.2 Å². The highest BCUT2D eigenvalue weighted by atomic mass is 16.5. The Morgan fingerprint density at radius 2 is 1.86 bits per heavy atom. The van der Waals surface area contributed by atoms with Crippen LogP contribution in [0.25, 0.3) is 0 Å². The van der Waals surface area contributed by atoms with Gasteiger partial charge in [0.05, 0.1) is 13.2 Å². The van der Waals surface area contributed by atoms with Crippen molar-refractivity contribution in [2.75, 3.05) is 13.7 Å². The third kappa shape index (κ3) is 3.15. The number of nitrogens with one attached hydrogen (secondary N) is 1. The van der Waals surface area contributed by atoms with Crippen molar-refractivity contribution >= 4 is 17.7 Å². The molecule has 1 heterocycles. The normalized spacial score (nSPS) is 11.9. The zero-order valence-corrected chi connectivity index (χ0v) is 13.4. The van der Waals surface area contributed by atoms with Crippen LogP contribution < -0.4 is 0 Å². The molecule has 0 aliphatic heterocycles. The maximum atomic E-state index is 12.6. The number of aromatic nitrogens is 1. The summed E-state index contributed by atoms with van der Waals surface area (Å²) in [6, 6.07) is -0.578. The van der Waals surface area contributed by atoms with Gasteiger partial charge >= 0.3 is 5.97 Å². The molecule has 6 heteroatoms. The molecule has 21 heavy (non-hydrogen) atoms. The first-order chi connectivity index (χ1) is 9.76. The molecule has 0 spiro atoms. The number of amides is 1. The average Bonchev–Trinajstić information content (AvgIpc) is 2.72. The number of Topliss-reactive ketones (excluding diaryl/α,β-unsaturated/α-hetero) is 1. The van der Waals surface area contributed by atoms with E-state index in [1.165, 1.54) is 18.9 Å². The van der Waals surface area contributed by atoms with Gasteiger partial charge in [-0.2, -0.15) is 0 Å². The Bertz CT molecular complexity index is 574. The second-order valence-corrected chi connectivity index (χ2v) is 4.96. The summed E-state index contributed by atoms with van der Waals surface area (Å²) in [4.78, 5) is 40.3.